The van der Waals surface area contributed by atoms with Crippen molar-refractivity contribution in [1.82, 2.24) is 4.98 Å². The van der Waals surface area contributed by atoms with E-state index in [9.17, 15) is 18.4 Å². The van der Waals surface area contributed by atoms with E-state index in [-0.39, 0.29) is 12.3 Å². The molecule has 3 N–H and O–H groups in total. The zero-order valence-corrected chi connectivity index (χ0v) is 8.42. The van der Waals surface area contributed by atoms with Crippen LogP contribution in [0.2, 0.25) is 0 Å². The fourth-order valence-corrected chi connectivity index (χ4v) is 1.14. The number of carbonyl (C=O) groups excluding carboxylic acids is 1. The number of alkyl halides is 2. The Morgan fingerprint density at radius 2 is 2.25 bits per heavy atom. The number of aromatic amines is 1. The third-order valence-corrected chi connectivity index (χ3v) is 1.85. The Labute approximate surface area is 89.2 Å². The second kappa shape index (κ2) is 4.73. The molecular weight excluding hydrogens is 222 g/mol. The smallest absolute Gasteiger partial charge is 0.355 e. The van der Waals surface area contributed by atoms with Crippen LogP contribution in [0.25, 0.3) is 0 Å². The fourth-order valence-electron chi connectivity index (χ4n) is 1.14. The van der Waals surface area contributed by atoms with Crippen molar-refractivity contribution in [2.75, 3.05) is 12.3 Å². The van der Waals surface area contributed by atoms with E-state index >= 15 is 0 Å². The second-order valence-electron chi connectivity index (χ2n) is 2.88. The summed E-state index contributed by atoms with van der Waals surface area (Å²) in [6.07, 6.45) is -2.10. The molecule has 0 aliphatic heterocycles. The zero-order chi connectivity index (χ0) is 12.3. The van der Waals surface area contributed by atoms with Crippen LogP contribution in [0.5, 0.6) is 0 Å². The number of esters is 1. The lowest BCUT2D eigenvalue weighted by Gasteiger charge is -2.07. The third kappa shape index (κ3) is 2.18. The number of H-pyrrole nitrogens is 1. The lowest BCUT2D eigenvalue weighted by atomic mass is 10.1. The number of halogens is 2. The lowest BCUT2D eigenvalue weighted by Crippen LogP contribution is -2.22. The Kier molecular flexibility index (Phi) is 3.60. The van der Waals surface area contributed by atoms with Gasteiger partial charge in [-0.2, -0.15) is 0 Å². The van der Waals surface area contributed by atoms with E-state index in [0.29, 0.717) is 0 Å². The van der Waals surface area contributed by atoms with Crippen molar-refractivity contribution in [2.24, 2.45) is 0 Å². The highest BCUT2D eigenvalue weighted by Gasteiger charge is 2.24. The second-order valence-corrected chi connectivity index (χ2v) is 2.88. The summed E-state index contributed by atoms with van der Waals surface area (Å²) in [5, 5.41) is 0. The van der Waals surface area contributed by atoms with E-state index in [0.717, 1.165) is 6.20 Å². The molecule has 0 spiro atoms. The van der Waals surface area contributed by atoms with Gasteiger partial charge in [0, 0.05) is 6.20 Å². The average Bonchev–Trinajstić information content (AvgIpc) is 2.21. The van der Waals surface area contributed by atoms with Crippen LogP contribution >= 0.6 is 0 Å². The van der Waals surface area contributed by atoms with Crippen LogP contribution in [-0.2, 0) is 4.74 Å². The first-order valence-corrected chi connectivity index (χ1v) is 4.45. The summed E-state index contributed by atoms with van der Waals surface area (Å²) >= 11 is 0. The van der Waals surface area contributed by atoms with Gasteiger partial charge in [0.2, 0.25) is 5.43 Å². The molecule has 0 atom stereocenters. The molecular formula is C9H10F2N2O3. The van der Waals surface area contributed by atoms with Crippen molar-refractivity contribution in [3.8, 4) is 0 Å². The maximum absolute atomic E-state index is 12.6. The lowest BCUT2D eigenvalue weighted by molar-refractivity contribution is 0.0507. The minimum absolute atomic E-state index is 0.0217. The number of carbonyl (C=O) groups is 1. The molecule has 7 heteroatoms. The molecule has 0 unspecified atom stereocenters. The minimum atomic E-state index is -3.09. The molecule has 0 radical (unpaired) electrons. The summed E-state index contributed by atoms with van der Waals surface area (Å²) < 4.78 is 29.7. The minimum Gasteiger partial charge on any atom is -0.461 e. The van der Waals surface area contributed by atoms with E-state index in [1.54, 1.807) is 0 Å². The van der Waals surface area contributed by atoms with Gasteiger partial charge >= 0.3 is 5.97 Å². The molecule has 88 valence electrons. The number of pyridine rings is 1. The van der Waals surface area contributed by atoms with Crippen LogP contribution in [0, 0.1) is 0 Å². The van der Waals surface area contributed by atoms with Gasteiger partial charge in [-0.3, -0.25) is 4.79 Å². The van der Waals surface area contributed by atoms with Gasteiger partial charge in [0.15, 0.2) is 0 Å². The highest BCUT2D eigenvalue weighted by Crippen LogP contribution is 2.19. The van der Waals surface area contributed by atoms with Gasteiger partial charge < -0.3 is 15.5 Å². The van der Waals surface area contributed by atoms with Crippen molar-refractivity contribution in [1.29, 1.82) is 0 Å². The number of rotatable bonds is 3. The summed E-state index contributed by atoms with van der Waals surface area (Å²) in [4.78, 5) is 24.8. The Balaban J connectivity index is 3.35. The molecule has 16 heavy (non-hydrogen) atoms. The van der Waals surface area contributed by atoms with E-state index in [1.807, 2.05) is 0 Å². The maximum Gasteiger partial charge on any atom is 0.355 e. The maximum atomic E-state index is 12.6. The highest BCUT2D eigenvalue weighted by molar-refractivity contribution is 5.89. The Morgan fingerprint density at radius 1 is 1.62 bits per heavy atom. The summed E-state index contributed by atoms with van der Waals surface area (Å²) in [7, 11) is 0. The molecule has 0 saturated heterocycles. The number of ether oxygens (including phenoxy) is 1. The molecule has 1 rings (SSSR count). The molecule has 0 bridgehead atoms. The van der Waals surface area contributed by atoms with Crippen LogP contribution in [0.1, 0.15) is 29.4 Å². The van der Waals surface area contributed by atoms with Gasteiger partial charge in [-0.1, -0.05) is 0 Å². The van der Waals surface area contributed by atoms with E-state index in [1.165, 1.54) is 6.92 Å². The molecule has 0 aromatic carbocycles. The quantitative estimate of drug-likeness (QED) is 0.763. The number of nitrogens with one attached hydrogen (secondary N) is 1. The van der Waals surface area contributed by atoms with Crippen LogP contribution in [0.15, 0.2) is 11.0 Å². The van der Waals surface area contributed by atoms with Crippen LogP contribution in [-0.4, -0.2) is 17.6 Å². The topological polar surface area (TPSA) is 85.2 Å². The predicted molar refractivity (Wildman–Crippen MR) is 52.4 cm³/mol. The highest BCUT2D eigenvalue weighted by atomic mass is 19.3. The van der Waals surface area contributed by atoms with Crippen LogP contribution in [0.3, 0.4) is 0 Å². The molecule has 1 aromatic rings. The monoisotopic (exact) mass is 232 g/mol. The first-order chi connectivity index (χ1) is 7.49. The number of hydrogen-bond acceptors (Lipinski definition) is 4. The number of hydrogen-bond donors (Lipinski definition) is 2. The predicted octanol–water partition coefficient (Wildman–Crippen LogP) is 1.07. The Hall–Kier alpha value is -1.92. The van der Waals surface area contributed by atoms with Crippen molar-refractivity contribution >= 4 is 11.7 Å². The summed E-state index contributed by atoms with van der Waals surface area (Å²) in [6, 6.07) is 0. The largest absolute Gasteiger partial charge is 0.461 e. The standard InChI is InChI=1S/C9H10F2N2O3/c1-2-16-9(15)6-5(8(10)11)7(14)4(12)3-13-6/h3,8H,2,12H2,1H3,(H,13,14). The summed E-state index contributed by atoms with van der Waals surface area (Å²) in [5.74, 6) is -1.00. The SMILES string of the molecule is CCOC(=O)c1[nH]cc(N)c(=O)c1C(F)F. The van der Waals surface area contributed by atoms with Gasteiger partial charge in [-0.15, -0.1) is 0 Å². The van der Waals surface area contributed by atoms with Gasteiger partial charge in [0.05, 0.1) is 17.9 Å². The van der Waals surface area contributed by atoms with Crippen LogP contribution < -0.4 is 11.2 Å². The van der Waals surface area contributed by atoms with E-state index < -0.39 is 29.1 Å². The zero-order valence-electron chi connectivity index (χ0n) is 8.42. The van der Waals surface area contributed by atoms with Gasteiger partial charge in [0.1, 0.15) is 5.69 Å². The number of aromatic nitrogens is 1. The number of anilines is 1. The van der Waals surface area contributed by atoms with Crippen molar-refractivity contribution in [2.45, 2.75) is 13.3 Å². The summed E-state index contributed by atoms with van der Waals surface area (Å²) in [5.41, 5.74) is 2.22. The first-order valence-electron chi connectivity index (χ1n) is 4.45. The van der Waals surface area contributed by atoms with Gasteiger partial charge in [-0.25, -0.2) is 13.6 Å². The molecule has 0 aliphatic carbocycles. The molecule has 0 amide bonds. The fraction of sp³-hybridized carbons (Fsp3) is 0.333. The molecule has 0 saturated carbocycles. The van der Waals surface area contributed by atoms with Gasteiger partial charge in [0.25, 0.3) is 6.43 Å². The Morgan fingerprint density at radius 3 is 2.75 bits per heavy atom. The molecule has 5 nitrogen and oxygen atoms in total. The number of nitrogens with two attached hydrogens (primary N) is 1. The van der Waals surface area contributed by atoms with E-state index in [4.69, 9.17) is 5.73 Å². The average molecular weight is 232 g/mol. The molecule has 1 aromatic heterocycles. The molecule has 0 fully saturated rings. The third-order valence-electron chi connectivity index (χ3n) is 1.85. The van der Waals surface area contributed by atoms with Crippen molar-refractivity contribution in [3.63, 3.8) is 0 Å². The Bertz CT molecular complexity index is 457. The number of nitrogen functional groups attached to an aromatic ring is 1. The van der Waals surface area contributed by atoms with Crippen LogP contribution in [0.4, 0.5) is 14.5 Å². The van der Waals surface area contributed by atoms with Crippen molar-refractivity contribution < 1.29 is 18.3 Å². The van der Waals surface area contributed by atoms with E-state index in [2.05, 4.69) is 9.72 Å². The molecule has 1 heterocycles. The van der Waals surface area contributed by atoms with Crippen molar-refractivity contribution in [3.05, 3.63) is 27.7 Å². The first kappa shape index (κ1) is 12.2. The normalized spacial score (nSPS) is 10.5. The van der Waals surface area contributed by atoms with Gasteiger partial charge in [-0.05, 0) is 6.92 Å². The summed E-state index contributed by atoms with van der Waals surface area (Å²) in [6.45, 7) is 1.54. The molecule has 0 aliphatic rings.